The molecule has 0 fully saturated rings. The first-order valence-electron chi connectivity index (χ1n) is 4.97. The van der Waals surface area contributed by atoms with Crippen LogP contribution in [-0.2, 0) is 4.79 Å². The zero-order valence-electron chi connectivity index (χ0n) is 9.60. The minimum atomic E-state index is 0.794. The Morgan fingerprint density at radius 2 is 1.47 bits per heavy atom. The van der Waals surface area contributed by atoms with Crippen LogP contribution in [0.3, 0.4) is 0 Å². The minimum Gasteiger partial charge on any atom is -0.299 e. The number of hydrogen-bond donors (Lipinski definition) is 0. The molecule has 0 spiro atoms. The third-order valence-electron chi connectivity index (χ3n) is 1.71. The SMILES string of the molecule is C\C=C/C=C/C(C)=C/C=C/C(C)=C/C=O. The Kier molecular flexibility index (Phi) is 7.97. The zero-order valence-corrected chi connectivity index (χ0v) is 9.60. The first-order valence-corrected chi connectivity index (χ1v) is 4.97. The topological polar surface area (TPSA) is 17.1 Å². The number of carbonyl (C=O) groups excluding carboxylic acids is 1. The molecular formula is C14H18O. The average molecular weight is 202 g/mol. The van der Waals surface area contributed by atoms with Crippen LogP contribution < -0.4 is 0 Å². The molecule has 0 amide bonds. The molecule has 0 unspecified atom stereocenters. The molecule has 0 aromatic heterocycles. The van der Waals surface area contributed by atoms with E-state index in [0.29, 0.717) is 0 Å². The number of hydrogen-bond acceptors (Lipinski definition) is 1. The Balaban J connectivity index is 4.27. The minimum absolute atomic E-state index is 0.794. The van der Waals surface area contributed by atoms with Crippen molar-refractivity contribution in [3.05, 3.63) is 59.8 Å². The Morgan fingerprint density at radius 1 is 0.867 bits per heavy atom. The molecular weight excluding hydrogens is 184 g/mol. The highest BCUT2D eigenvalue weighted by atomic mass is 16.1. The zero-order chi connectivity index (χ0) is 11.5. The first-order chi connectivity index (χ1) is 7.20. The summed E-state index contributed by atoms with van der Waals surface area (Å²) in [5, 5.41) is 0. The largest absolute Gasteiger partial charge is 0.299 e. The highest BCUT2D eigenvalue weighted by Crippen LogP contribution is 1.98. The van der Waals surface area contributed by atoms with E-state index in [-0.39, 0.29) is 0 Å². The quantitative estimate of drug-likeness (QED) is 0.377. The van der Waals surface area contributed by atoms with Gasteiger partial charge in [-0.1, -0.05) is 48.1 Å². The van der Waals surface area contributed by atoms with Gasteiger partial charge in [-0.3, -0.25) is 4.79 Å². The van der Waals surface area contributed by atoms with Crippen molar-refractivity contribution >= 4 is 6.29 Å². The molecule has 80 valence electrons. The van der Waals surface area contributed by atoms with Crippen LogP contribution in [0.2, 0.25) is 0 Å². The molecule has 0 saturated heterocycles. The van der Waals surface area contributed by atoms with Gasteiger partial charge in [0.15, 0.2) is 0 Å². The van der Waals surface area contributed by atoms with Gasteiger partial charge >= 0.3 is 0 Å². The summed E-state index contributed by atoms with van der Waals surface area (Å²) in [4.78, 5) is 10.1. The Morgan fingerprint density at radius 3 is 2.07 bits per heavy atom. The molecule has 0 rings (SSSR count). The predicted octanol–water partition coefficient (Wildman–Crippen LogP) is 3.77. The molecule has 0 heterocycles. The van der Waals surface area contributed by atoms with Gasteiger partial charge in [0, 0.05) is 0 Å². The Bertz CT molecular complexity index is 325. The fourth-order valence-electron chi connectivity index (χ4n) is 0.889. The molecule has 1 heteroatoms. The molecule has 0 saturated carbocycles. The highest BCUT2D eigenvalue weighted by Gasteiger charge is 1.79. The third kappa shape index (κ3) is 8.69. The van der Waals surface area contributed by atoms with Crippen molar-refractivity contribution in [2.24, 2.45) is 0 Å². The molecule has 0 aromatic rings. The second kappa shape index (κ2) is 8.95. The van der Waals surface area contributed by atoms with Crippen molar-refractivity contribution in [3.63, 3.8) is 0 Å². The lowest BCUT2D eigenvalue weighted by atomic mass is 10.2. The molecule has 0 aliphatic carbocycles. The van der Waals surface area contributed by atoms with Gasteiger partial charge in [-0.15, -0.1) is 0 Å². The summed E-state index contributed by atoms with van der Waals surface area (Å²) < 4.78 is 0. The number of rotatable bonds is 5. The van der Waals surface area contributed by atoms with Gasteiger partial charge in [-0.05, 0) is 32.4 Å². The predicted molar refractivity (Wildman–Crippen MR) is 66.7 cm³/mol. The molecule has 0 aromatic carbocycles. The van der Waals surface area contributed by atoms with Crippen LogP contribution in [0.4, 0.5) is 0 Å². The molecule has 0 aliphatic heterocycles. The van der Waals surface area contributed by atoms with Gasteiger partial charge in [-0.25, -0.2) is 0 Å². The van der Waals surface area contributed by atoms with Crippen LogP contribution in [0.1, 0.15) is 20.8 Å². The fourth-order valence-corrected chi connectivity index (χ4v) is 0.889. The van der Waals surface area contributed by atoms with Gasteiger partial charge in [0.25, 0.3) is 0 Å². The summed E-state index contributed by atoms with van der Waals surface area (Å²) in [6.07, 6.45) is 16.2. The van der Waals surface area contributed by atoms with Crippen LogP contribution in [0, 0.1) is 0 Å². The van der Waals surface area contributed by atoms with E-state index >= 15 is 0 Å². The van der Waals surface area contributed by atoms with Crippen LogP contribution in [0.25, 0.3) is 0 Å². The smallest absolute Gasteiger partial charge is 0.143 e. The lowest BCUT2D eigenvalue weighted by Gasteiger charge is -1.88. The molecule has 0 N–H and O–H groups in total. The number of carbonyl (C=O) groups is 1. The van der Waals surface area contributed by atoms with E-state index in [1.807, 2.05) is 63.3 Å². The second-order valence-corrected chi connectivity index (χ2v) is 3.20. The van der Waals surface area contributed by atoms with E-state index in [1.54, 1.807) is 0 Å². The van der Waals surface area contributed by atoms with E-state index in [9.17, 15) is 4.79 Å². The van der Waals surface area contributed by atoms with E-state index in [4.69, 9.17) is 0 Å². The van der Waals surface area contributed by atoms with Crippen LogP contribution >= 0.6 is 0 Å². The average Bonchev–Trinajstić information content (AvgIpc) is 2.18. The summed E-state index contributed by atoms with van der Waals surface area (Å²) in [5.41, 5.74) is 2.12. The van der Waals surface area contributed by atoms with Gasteiger partial charge in [0.1, 0.15) is 6.29 Å². The van der Waals surface area contributed by atoms with Gasteiger partial charge < -0.3 is 0 Å². The maximum atomic E-state index is 10.1. The molecule has 1 nitrogen and oxygen atoms in total. The van der Waals surface area contributed by atoms with Crippen molar-refractivity contribution in [3.8, 4) is 0 Å². The van der Waals surface area contributed by atoms with Gasteiger partial charge in [0.05, 0.1) is 0 Å². The lowest BCUT2D eigenvalue weighted by Crippen LogP contribution is -1.70. The van der Waals surface area contributed by atoms with Crippen molar-refractivity contribution < 1.29 is 4.79 Å². The maximum Gasteiger partial charge on any atom is 0.143 e. The standard InChI is InChI=1S/C14H18O/c1-4-5-6-8-13(2)9-7-10-14(3)11-12-15/h4-12H,1-3H3/b5-4-,8-6+,10-7+,13-9+,14-11+. The van der Waals surface area contributed by atoms with Crippen molar-refractivity contribution in [2.45, 2.75) is 20.8 Å². The summed E-state index contributed by atoms with van der Waals surface area (Å²) >= 11 is 0. The molecule has 0 radical (unpaired) electrons. The summed E-state index contributed by atoms with van der Waals surface area (Å²) in [6.45, 7) is 5.91. The summed E-state index contributed by atoms with van der Waals surface area (Å²) in [5.74, 6) is 0. The van der Waals surface area contributed by atoms with Crippen molar-refractivity contribution in [1.29, 1.82) is 0 Å². The monoisotopic (exact) mass is 202 g/mol. The second-order valence-electron chi connectivity index (χ2n) is 3.20. The normalized spacial score (nSPS) is 14.6. The third-order valence-corrected chi connectivity index (χ3v) is 1.71. The van der Waals surface area contributed by atoms with Crippen LogP contribution in [0.5, 0.6) is 0 Å². The van der Waals surface area contributed by atoms with Crippen molar-refractivity contribution in [2.75, 3.05) is 0 Å². The first kappa shape index (κ1) is 13.4. The van der Waals surface area contributed by atoms with E-state index in [0.717, 1.165) is 11.9 Å². The molecule has 0 aliphatic rings. The Hall–Kier alpha value is -1.63. The number of aldehydes is 1. The molecule has 0 bridgehead atoms. The fraction of sp³-hybridized carbons (Fsp3) is 0.214. The van der Waals surface area contributed by atoms with Crippen molar-refractivity contribution in [1.82, 2.24) is 0 Å². The van der Waals surface area contributed by atoms with E-state index in [1.165, 1.54) is 11.6 Å². The highest BCUT2D eigenvalue weighted by molar-refractivity contribution is 5.66. The summed E-state index contributed by atoms with van der Waals surface area (Å²) in [6, 6.07) is 0. The molecule has 15 heavy (non-hydrogen) atoms. The summed E-state index contributed by atoms with van der Waals surface area (Å²) in [7, 11) is 0. The maximum absolute atomic E-state index is 10.1. The Labute approximate surface area is 92.2 Å². The van der Waals surface area contributed by atoms with E-state index in [2.05, 4.69) is 0 Å². The van der Waals surface area contributed by atoms with Crippen LogP contribution in [0.15, 0.2) is 59.8 Å². The van der Waals surface area contributed by atoms with Gasteiger partial charge in [0.2, 0.25) is 0 Å². The number of allylic oxidation sites excluding steroid dienone is 10. The van der Waals surface area contributed by atoms with E-state index < -0.39 is 0 Å². The lowest BCUT2D eigenvalue weighted by molar-refractivity contribution is -0.104. The molecule has 0 atom stereocenters. The van der Waals surface area contributed by atoms with Gasteiger partial charge in [-0.2, -0.15) is 0 Å². The van der Waals surface area contributed by atoms with Crippen LogP contribution in [-0.4, -0.2) is 6.29 Å².